The van der Waals surface area contributed by atoms with Gasteiger partial charge in [-0.1, -0.05) is 0 Å². The Balaban J connectivity index is 2.43. The fourth-order valence-corrected chi connectivity index (χ4v) is 1.61. The van der Waals surface area contributed by atoms with Gasteiger partial charge in [0.1, 0.15) is 0 Å². The van der Waals surface area contributed by atoms with Crippen molar-refractivity contribution in [2.24, 2.45) is 0 Å². The zero-order chi connectivity index (χ0) is 13.5. The third-order valence-electron chi connectivity index (χ3n) is 2.90. The van der Waals surface area contributed by atoms with Crippen LogP contribution in [0.25, 0.3) is 0 Å². The van der Waals surface area contributed by atoms with Crippen molar-refractivity contribution < 1.29 is 14.7 Å². The maximum absolute atomic E-state index is 11.9. The van der Waals surface area contributed by atoms with E-state index >= 15 is 0 Å². The van der Waals surface area contributed by atoms with Crippen molar-refractivity contribution in [3.05, 3.63) is 30.1 Å². The first-order chi connectivity index (χ1) is 8.50. The summed E-state index contributed by atoms with van der Waals surface area (Å²) in [5.41, 5.74) is 1.05. The molecule has 1 atom stereocenters. The van der Waals surface area contributed by atoms with Crippen molar-refractivity contribution >= 4 is 11.9 Å². The summed E-state index contributed by atoms with van der Waals surface area (Å²) in [6.45, 7) is 1.73. The van der Waals surface area contributed by atoms with E-state index in [0.29, 0.717) is 12.8 Å². The molecule has 0 aliphatic heterocycles. The molecule has 1 unspecified atom stereocenters. The van der Waals surface area contributed by atoms with Gasteiger partial charge in [-0.05, 0) is 31.0 Å². The van der Waals surface area contributed by atoms with Crippen LogP contribution in [0.1, 0.15) is 25.3 Å². The van der Waals surface area contributed by atoms with Crippen LogP contribution in [0.4, 0.5) is 0 Å². The predicted octanol–water partition coefficient (Wildman–Crippen LogP) is 1.34. The fraction of sp³-hybridized carbons (Fsp3) is 0.462. The number of carboxylic acid groups (broad SMARTS) is 1. The summed E-state index contributed by atoms with van der Waals surface area (Å²) in [5.74, 6) is -0.933. The SMILES string of the molecule is CC(CC(=O)O)N(C)C(=O)CCc1ccncc1. The molecule has 5 nitrogen and oxygen atoms in total. The Morgan fingerprint density at radius 1 is 1.39 bits per heavy atom. The Hall–Kier alpha value is -1.91. The van der Waals surface area contributed by atoms with Crippen LogP contribution in [0.15, 0.2) is 24.5 Å². The number of aliphatic carboxylic acids is 1. The van der Waals surface area contributed by atoms with Crippen LogP contribution in [0.2, 0.25) is 0 Å². The minimum atomic E-state index is -0.892. The van der Waals surface area contributed by atoms with Gasteiger partial charge in [0.15, 0.2) is 0 Å². The molecule has 0 fully saturated rings. The summed E-state index contributed by atoms with van der Waals surface area (Å²) in [7, 11) is 1.64. The van der Waals surface area contributed by atoms with E-state index < -0.39 is 5.97 Å². The molecule has 0 bridgehead atoms. The van der Waals surface area contributed by atoms with Crippen LogP contribution in [-0.2, 0) is 16.0 Å². The van der Waals surface area contributed by atoms with Crippen molar-refractivity contribution in [2.75, 3.05) is 7.05 Å². The highest BCUT2D eigenvalue weighted by Crippen LogP contribution is 2.07. The van der Waals surface area contributed by atoms with E-state index in [1.807, 2.05) is 12.1 Å². The molecule has 1 aromatic rings. The van der Waals surface area contributed by atoms with Gasteiger partial charge in [0.2, 0.25) is 5.91 Å². The highest BCUT2D eigenvalue weighted by molar-refractivity contribution is 5.77. The average molecular weight is 250 g/mol. The number of hydrogen-bond acceptors (Lipinski definition) is 3. The number of carboxylic acids is 1. The lowest BCUT2D eigenvalue weighted by atomic mass is 10.1. The lowest BCUT2D eigenvalue weighted by Crippen LogP contribution is -2.36. The zero-order valence-corrected chi connectivity index (χ0v) is 10.7. The molecule has 0 spiro atoms. The van der Waals surface area contributed by atoms with Gasteiger partial charge in [0.25, 0.3) is 0 Å². The third kappa shape index (κ3) is 4.53. The van der Waals surface area contributed by atoms with Crippen LogP contribution in [0.5, 0.6) is 0 Å². The van der Waals surface area contributed by atoms with Crippen molar-refractivity contribution in [1.29, 1.82) is 0 Å². The molecule has 1 aromatic heterocycles. The normalized spacial score (nSPS) is 11.9. The Kier molecular flexibility index (Phi) is 5.30. The molecule has 0 aromatic carbocycles. The predicted molar refractivity (Wildman–Crippen MR) is 67.0 cm³/mol. The summed E-state index contributed by atoms with van der Waals surface area (Å²) >= 11 is 0. The molecule has 0 aliphatic rings. The van der Waals surface area contributed by atoms with Gasteiger partial charge in [-0.3, -0.25) is 14.6 Å². The number of rotatable bonds is 6. The summed E-state index contributed by atoms with van der Waals surface area (Å²) in [5, 5.41) is 8.68. The van der Waals surface area contributed by atoms with Crippen LogP contribution in [0.3, 0.4) is 0 Å². The number of amides is 1. The Morgan fingerprint density at radius 2 is 2.00 bits per heavy atom. The van der Waals surface area contributed by atoms with Crippen LogP contribution in [0, 0.1) is 0 Å². The van der Waals surface area contributed by atoms with Crippen molar-refractivity contribution in [1.82, 2.24) is 9.88 Å². The molecule has 0 aliphatic carbocycles. The monoisotopic (exact) mass is 250 g/mol. The molecule has 18 heavy (non-hydrogen) atoms. The summed E-state index contributed by atoms with van der Waals surface area (Å²) in [6.07, 6.45) is 4.38. The number of aromatic nitrogens is 1. The first-order valence-corrected chi connectivity index (χ1v) is 5.87. The second kappa shape index (κ2) is 6.74. The molecule has 5 heteroatoms. The smallest absolute Gasteiger partial charge is 0.305 e. The second-order valence-electron chi connectivity index (χ2n) is 4.31. The second-order valence-corrected chi connectivity index (χ2v) is 4.31. The van der Waals surface area contributed by atoms with E-state index in [9.17, 15) is 9.59 Å². The lowest BCUT2D eigenvalue weighted by molar-refractivity contribution is -0.139. The molecule has 1 heterocycles. The quantitative estimate of drug-likeness (QED) is 0.827. The molecule has 1 N–H and O–H groups in total. The highest BCUT2D eigenvalue weighted by Gasteiger charge is 2.17. The van der Waals surface area contributed by atoms with E-state index in [2.05, 4.69) is 4.98 Å². The molecule has 1 amide bonds. The number of hydrogen-bond donors (Lipinski definition) is 1. The maximum Gasteiger partial charge on any atom is 0.305 e. The van der Waals surface area contributed by atoms with Crippen LogP contribution < -0.4 is 0 Å². The van der Waals surface area contributed by atoms with Gasteiger partial charge < -0.3 is 10.0 Å². The minimum absolute atomic E-state index is 0.0303. The van der Waals surface area contributed by atoms with Crippen molar-refractivity contribution in [2.45, 2.75) is 32.2 Å². The van der Waals surface area contributed by atoms with Crippen LogP contribution in [-0.4, -0.2) is 40.0 Å². The van der Waals surface area contributed by atoms with Gasteiger partial charge in [-0.25, -0.2) is 0 Å². The molecule has 0 radical (unpaired) electrons. The van der Waals surface area contributed by atoms with Gasteiger partial charge >= 0.3 is 5.97 Å². The highest BCUT2D eigenvalue weighted by atomic mass is 16.4. The van der Waals surface area contributed by atoms with Gasteiger partial charge in [0, 0.05) is 31.9 Å². The number of carbonyl (C=O) groups excluding carboxylic acids is 1. The third-order valence-corrected chi connectivity index (χ3v) is 2.90. The molecule has 0 saturated carbocycles. The summed E-state index contributed by atoms with van der Waals surface area (Å²) in [4.78, 5) is 27.8. The largest absolute Gasteiger partial charge is 0.481 e. The van der Waals surface area contributed by atoms with Crippen molar-refractivity contribution in [3.63, 3.8) is 0 Å². The Bertz CT molecular complexity index is 406. The van der Waals surface area contributed by atoms with Gasteiger partial charge in [-0.15, -0.1) is 0 Å². The van der Waals surface area contributed by atoms with E-state index in [1.54, 1.807) is 26.4 Å². The number of nitrogens with zero attached hydrogens (tertiary/aromatic N) is 2. The first kappa shape index (κ1) is 14.2. The van der Waals surface area contributed by atoms with E-state index in [4.69, 9.17) is 5.11 Å². The Labute approximate surface area is 106 Å². The van der Waals surface area contributed by atoms with Crippen molar-refractivity contribution in [3.8, 4) is 0 Å². The average Bonchev–Trinajstić information content (AvgIpc) is 2.35. The van der Waals surface area contributed by atoms with E-state index in [1.165, 1.54) is 4.90 Å². The number of carbonyl (C=O) groups is 2. The standard InChI is InChI=1S/C13H18N2O3/c1-10(9-13(17)18)15(2)12(16)4-3-11-5-7-14-8-6-11/h5-8,10H,3-4,9H2,1-2H3,(H,17,18). The summed E-state index contributed by atoms with van der Waals surface area (Å²) < 4.78 is 0. The minimum Gasteiger partial charge on any atom is -0.481 e. The van der Waals surface area contributed by atoms with E-state index in [-0.39, 0.29) is 18.4 Å². The fourth-order valence-electron chi connectivity index (χ4n) is 1.61. The van der Waals surface area contributed by atoms with Crippen LogP contribution >= 0.6 is 0 Å². The molecule has 1 rings (SSSR count). The zero-order valence-electron chi connectivity index (χ0n) is 10.7. The number of aryl methyl sites for hydroxylation is 1. The Morgan fingerprint density at radius 3 is 2.56 bits per heavy atom. The maximum atomic E-state index is 11.9. The topological polar surface area (TPSA) is 70.5 Å². The van der Waals surface area contributed by atoms with E-state index in [0.717, 1.165) is 5.56 Å². The van der Waals surface area contributed by atoms with Gasteiger partial charge in [0.05, 0.1) is 6.42 Å². The lowest BCUT2D eigenvalue weighted by Gasteiger charge is -2.23. The molecule has 98 valence electrons. The molecule has 0 saturated heterocycles. The molecular weight excluding hydrogens is 232 g/mol. The number of pyridine rings is 1. The van der Waals surface area contributed by atoms with Gasteiger partial charge in [-0.2, -0.15) is 0 Å². The summed E-state index contributed by atoms with van der Waals surface area (Å²) in [6, 6.07) is 3.45. The first-order valence-electron chi connectivity index (χ1n) is 5.87. The molecular formula is C13H18N2O3.